The maximum atomic E-state index is 12.5. The van der Waals surface area contributed by atoms with Gasteiger partial charge in [0.25, 0.3) is 0 Å². The van der Waals surface area contributed by atoms with Gasteiger partial charge in [0.1, 0.15) is 0 Å². The number of hydrogen-bond acceptors (Lipinski definition) is 10. The summed E-state index contributed by atoms with van der Waals surface area (Å²) in [5.41, 5.74) is -3.57. The van der Waals surface area contributed by atoms with E-state index in [4.69, 9.17) is 9.47 Å². The van der Waals surface area contributed by atoms with Gasteiger partial charge in [-0.3, -0.25) is 19.2 Å². The highest BCUT2D eigenvalue weighted by Gasteiger charge is 2.52. The second kappa shape index (κ2) is 13.0. The van der Waals surface area contributed by atoms with E-state index in [0.717, 1.165) is 0 Å². The average molecular weight is 553 g/mol. The first-order chi connectivity index (χ1) is 16.1. The third kappa shape index (κ3) is 7.53. The number of carbonyl (C=O) groups excluding carboxylic acids is 2. The molecular weight excluding hydrogens is 500 g/mol. The first kappa shape index (κ1) is 35.5. The highest BCUT2D eigenvalue weighted by molar-refractivity contribution is 8.76. The van der Waals surface area contributed by atoms with Crippen LogP contribution < -0.4 is 4.72 Å². The molecule has 0 heterocycles. The zero-order chi connectivity index (χ0) is 28.9. The smallest absolute Gasteiger partial charge is 0.311 e. The van der Waals surface area contributed by atoms with Crippen molar-refractivity contribution in [2.45, 2.75) is 99.2 Å². The molecule has 3 unspecified atom stereocenters. The summed E-state index contributed by atoms with van der Waals surface area (Å²) < 4.78 is 12.9. The molecule has 0 radical (unpaired) electrons. The Balaban J connectivity index is 6.31. The summed E-state index contributed by atoms with van der Waals surface area (Å²) >= 11 is 0. The van der Waals surface area contributed by atoms with E-state index >= 15 is 0 Å². The van der Waals surface area contributed by atoms with E-state index in [9.17, 15) is 19.8 Å². The fraction of sp³-hybridized carbons (Fsp3) is 0.923. The maximum Gasteiger partial charge on any atom is 0.311 e. The van der Waals surface area contributed by atoms with Crippen molar-refractivity contribution in [3.63, 3.8) is 0 Å². The molecule has 0 aromatic carbocycles. The number of nitrogens with zero attached hydrogens (tertiary/aromatic N) is 1. The lowest BCUT2D eigenvalue weighted by molar-refractivity contribution is -0.167. The number of carbonyl (C=O) groups is 2. The van der Waals surface area contributed by atoms with Crippen LogP contribution in [0.5, 0.6) is 0 Å². The van der Waals surface area contributed by atoms with Crippen molar-refractivity contribution in [2.24, 2.45) is 21.7 Å². The van der Waals surface area contributed by atoms with Gasteiger partial charge in [-0.1, -0.05) is 38.5 Å². The molecular formula is C26H52N2O6S2. The van der Waals surface area contributed by atoms with Crippen LogP contribution in [0, 0.1) is 21.7 Å². The van der Waals surface area contributed by atoms with E-state index in [1.165, 1.54) is 25.2 Å². The van der Waals surface area contributed by atoms with E-state index < -0.39 is 45.8 Å². The van der Waals surface area contributed by atoms with E-state index in [0.29, 0.717) is 0 Å². The molecule has 0 rings (SSSR count). The Bertz CT molecular complexity index is 692. The van der Waals surface area contributed by atoms with Crippen molar-refractivity contribution in [1.82, 2.24) is 9.62 Å². The molecule has 0 spiro atoms. The van der Waals surface area contributed by atoms with Crippen molar-refractivity contribution in [2.75, 3.05) is 34.4 Å². The Labute approximate surface area is 227 Å². The van der Waals surface area contributed by atoms with Gasteiger partial charge in [-0.2, -0.15) is 0 Å². The minimum Gasteiger partial charge on any atom is -0.469 e. The van der Waals surface area contributed by atoms with Crippen LogP contribution in [0.3, 0.4) is 0 Å². The normalized spacial score (nSPS) is 16.5. The molecule has 3 atom stereocenters. The van der Waals surface area contributed by atoms with Crippen molar-refractivity contribution in [3.05, 3.63) is 0 Å². The number of rotatable bonds is 15. The number of hydrogen-bond donors (Lipinski definition) is 3. The molecule has 0 fully saturated rings. The molecule has 0 saturated carbocycles. The van der Waals surface area contributed by atoms with Gasteiger partial charge in [0.05, 0.1) is 37.3 Å². The zero-order valence-corrected chi connectivity index (χ0v) is 26.6. The van der Waals surface area contributed by atoms with E-state index in [1.807, 2.05) is 34.7 Å². The molecule has 214 valence electrons. The Morgan fingerprint density at radius 1 is 0.806 bits per heavy atom. The summed E-state index contributed by atoms with van der Waals surface area (Å²) in [4.78, 5) is 27.2. The monoisotopic (exact) mass is 552 g/mol. The quantitative estimate of drug-likeness (QED) is 0.156. The summed E-state index contributed by atoms with van der Waals surface area (Å²) in [6.45, 7) is 21.3. The molecule has 36 heavy (non-hydrogen) atoms. The summed E-state index contributed by atoms with van der Waals surface area (Å²) in [7, 11) is 7.75. The highest BCUT2D eigenvalue weighted by atomic mass is 33.1. The van der Waals surface area contributed by atoms with Crippen LogP contribution >= 0.6 is 21.8 Å². The maximum absolute atomic E-state index is 12.5. The molecule has 3 N–H and O–H groups in total. The molecule has 0 aliphatic heterocycles. The summed E-state index contributed by atoms with van der Waals surface area (Å²) in [6.07, 6.45) is -1.81. The SMILES string of the molecule is CNSSC(C)(C)C(C)N(CC(O)C(C)(C)C(C)(C)C(=O)OC)CC(O)C(C)(C)C(C)(C)C(=O)OC. The number of aliphatic hydroxyl groups excluding tert-OH is 2. The first-order valence-electron chi connectivity index (χ1n) is 12.4. The van der Waals surface area contributed by atoms with Crippen LogP contribution in [0.1, 0.15) is 76.2 Å². The topological polar surface area (TPSA) is 108 Å². The Morgan fingerprint density at radius 2 is 1.14 bits per heavy atom. The highest BCUT2D eigenvalue weighted by Crippen LogP contribution is 2.46. The molecule has 0 bridgehead atoms. The van der Waals surface area contributed by atoms with Gasteiger partial charge >= 0.3 is 11.9 Å². The molecule has 0 saturated heterocycles. The second-order valence-electron chi connectivity index (χ2n) is 12.3. The number of nitrogens with one attached hydrogen (secondary N) is 1. The van der Waals surface area contributed by atoms with Crippen LogP contribution in [0.15, 0.2) is 0 Å². The van der Waals surface area contributed by atoms with E-state index in [-0.39, 0.29) is 23.9 Å². The van der Waals surface area contributed by atoms with Crippen LogP contribution in [0.4, 0.5) is 0 Å². The van der Waals surface area contributed by atoms with Crippen LogP contribution in [0.25, 0.3) is 0 Å². The molecule has 0 aliphatic carbocycles. The predicted octanol–water partition coefficient (Wildman–Crippen LogP) is 4.14. The van der Waals surface area contributed by atoms with Crippen LogP contribution in [0.2, 0.25) is 0 Å². The van der Waals surface area contributed by atoms with Crippen LogP contribution in [-0.4, -0.2) is 84.4 Å². The van der Waals surface area contributed by atoms with Gasteiger partial charge in [-0.15, -0.1) is 0 Å². The van der Waals surface area contributed by atoms with Crippen molar-refractivity contribution < 1.29 is 29.3 Å². The van der Waals surface area contributed by atoms with E-state index in [2.05, 4.69) is 30.4 Å². The van der Waals surface area contributed by atoms with Gasteiger partial charge in [-0.25, -0.2) is 0 Å². The van der Waals surface area contributed by atoms with Crippen molar-refractivity contribution in [3.8, 4) is 0 Å². The largest absolute Gasteiger partial charge is 0.469 e. The number of methoxy groups -OCH3 is 2. The second-order valence-corrected chi connectivity index (χ2v) is 15.1. The first-order valence-corrected chi connectivity index (χ1v) is 14.5. The summed E-state index contributed by atoms with van der Waals surface area (Å²) in [5.74, 6) is -0.790. The third-order valence-electron chi connectivity index (χ3n) is 8.99. The van der Waals surface area contributed by atoms with E-state index in [1.54, 1.807) is 38.5 Å². The summed E-state index contributed by atoms with van der Waals surface area (Å²) in [5, 5.41) is 23.0. The zero-order valence-electron chi connectivity index (χ0n) is 24.9. The Hall–Kier alpha value is -0.520. The van der Waals surface area contributed by atoms with Gasteiger partial charge < -0.3 is 19.7 Å². The number of aliphatic hydroxyl groups is 2. The number of ether oxygens (including phenoxy) is 2. The lowest BCUT2D eigenvalue weighted by Gasteiger charge is -2.49. The fourth-order valence-electron chi connectivity index (χ4n) is 3.82. The van der Waals surface area contributed by atoms with Crippen LogP contribution in [-0.2, 0) is 19.1 Å². The molecule has 10 heteroatoms. The minimum absolute atomic E-state index is 0.0817. The number of esters is 2. The standard InChI is InChI=1S/C26H52N2O6S2/c1-17(26(10,11)35-36-27-12)28(15-18(29)22(2,3)24(6,7)20(31)33-13)16-19(30)23(4,5)25(8,9)21(32)34-14/h17-19,27,29-30H,15-16H2,1-14H3. The lowest BCUT2D eigenvalue weighted by atomic mass is 9.64. The molecule has 0 aliphatic rings. The van der Waals surface area contributed by atoms with Gasteiger partial charge in [0, 0.05) is 34.7 Å². The molecule has 0 aromatic rings. The third-order valence-corrected chi connectivity index (χ3v) is 12.0. The minimum atomic E-state index is -0.951. The van der Waals surface area contributed by atoms with Crippen molar-refractivity contribution >= 4 is 33.7 Å². The molecule has 0 aromatic heterocycles. The van der Waals surface area contributed by atoms with Gasteiger partial charge in [0.2, 0.25) is 0 Å². The molecule has 0 amide bonds. The van der Waals surface area contributed by atoms with Crippen molar-refractivity contribution in [1.29, 1.82) is 0 Å². The van der Waals surface area contributed by atoms with Gasteiger partial charge in [-0.05, 0) is 66.5 Å². The summed E-state index contributed by atoms with van der Waals surface area (Å²) in [6, 6.07) is -0.0817. The predicted molar refractivity (Wildman–Crippen MR) is 151 cm³/mol. The Morgan fingerprint density at radius 3 is 1.42 bits per heavy atom. The lowest BCUT2D eigenvalue weighted by Crippen LogP contribution is -2.58. The van der Waals surface area contributed by atoms with Gasteiger partial charge in [0.15, 0.2) is 0 Å². The molecule has 8 nitrogen and oxygen atoms in total. The average Bonchev–Trinajstić information content (AvgIpc) is 2.79. The Kier molecular flexibility index (Phi) is 12.8. The fourth-order valence-corrected chi connectivity index (χ4v) is 5.72.